The number of Topliss-reactive ketones (excluding diaryl/α,β-unsaturated/α-hetero) is 2. The first-order valence-electron chi connectivity index (χ1n) is 16.3. The quantitative estimate of drug-likeness (QED) is 0.169. The highest BCUT2D eigenvalue weighted by Gasteiger charge is 2.55. The van der Waals surface area contributed by atoms with Crippen LogP contribution in [0, 0.1) is 5.92 Å². The molecule has 6 rings (SSSR count). The van der Waals surface area contributed by atoms with Gasteiger partial charge in [0.2, 0.25) is 5.91 Å². The largest absolute Gasteiger partial charge is 0.392 e. The number of hydrogen-bond acceptors (Lipinski definition) is 6. The summed E-state index contributed by atoms with van der Waals surface area (Å²) in [6.07, 6.45) is -1.37. The predicted octanol–water partition coefficient (Wildman–Crippen LogP) is 5.55. The van der Waals surface area contributed by atoms with Gasteiger partial charge in [0.25, 0.3) is 5.91 Å². The summed E-state index contributed by atoms with van der Waals surface area (Å²) in [5.41, 5.74) is 3.86. The number of likely N-dealkylation sites (tertiary alicyclic amines) is 1. The zero-order valence-corrected chi connectivity index (χ0v) is 27.7. The molecule has 2 amide bonds. The highest BCUT2D eigenvalue weighted by Crippen LogP contribution is 2.41. The second kappa shape index (κ2) is 15.3. The van der Waals surface area contributed by atoms with Crippen LogP contribution < -0.4 is 0 Å². The molecule has 2 aliphatic heterocycles. The van der Waals surface area contributed by atoms with E-state index in [1.165, 1.54) is 13.8 Å². The summed E-state index contributed by atoms with van der Waals surface area (Å²) in [5, 5.41) is 9.90. The van der Waals surface area contributed by atoms with Gasteiger partial charge in [-0.3, -0.25) is 19.2 Å². The molecule has 4 aromatic carbocycles. The summed E-state index contributed by atoms with van der Waals surface area (Å²) in [6, 6.07) is 37.7. The highest BCUT2D eigenvalue weighted by molar-refractivity contribution is 6.00. The number of ketones is 2. The Morgan fingerprint density at radius 1 is 0.750 bits per heavy atom. The number of benzene rings is 4. The van der Waals surface area contributed by atoms with E-state index in [0.29, 0.717) is 0 Å². The van der Waals surface area contributed by atoms with Crippen LogP contribution in [0.25, 0.3) is 0 Å². The van der Waals surface area contributed by atoms with Crippen molar-refractivity contribution < 1.29 is 29.0 Å². The van der Waals surface area contributed by atoms with Crippen molar-refractivity contribution in [3.8, 4) is 0 Å². The molecule has 8 heteroatoms. The van der Waals surface area contributed by atoms with Gasteiger partial charge in [-0.1, -0.05) is 121 Å². The van der Waals surface area contributed by atoms with Gasteiger partial charge in [0.1, 0.15) is 11.8 Å². The van der Waals surface area contributed by atoms with Crippen molar-refractivity contribution in [2.24, 2.45) is 5.92 Å². The minimum Gasteiger partial charge on any atom is -0.392 e. The first-order valence-corrected chi connectivity index (χ1v) is 16.3. The fourth-order valence-electron chi connectivity index (χ4n) is 6.49. The van der Waals surface area contributed by atoms with Gasteiger partial charge < -0.3 is 19.6 Å². The molecule has 0 radical (unpaired) electrons. The number of nitrogens with zero attached hydrogens (tertiary/aromatic N) is 2. The number of hydrogen-bond donors (Lipinski definition) is 1. The average Bonchev–Trinajstić information content (AvgIpc) is 3.83. The van der Waals surface area contributed by atoms with Crippen molar-refractivity contribution in [2.75, 3.05) is 6.54 Å². The van der Waals surface area contributed by atoms with Gasteiger partial charge in [-0.15, -0.1) is 0 Å². The number of β-lactam (4-membered cyclic amide) rings is 1. The number of epoxide rings is 1. The Morgan fingerprint density at radius 2 is 1.15 bits per heavy atom. The van der Waals surface area contributed by atoms with Gasteiger partial charge in [0.15, 0.2) is 11.9 Å². The molecule has 0 spiro atoms. The van der Waals surface area contributed by atoms with Crippen LogP contribution in [0.1, 0.15) is 62.0 Å². The second-order valence-electron chi connectivity index (χ2n) is 12.4. The Balaban J connectivity index is 0.000000188. The maximum atomic E-state index is 12.9. The SMILES string of the molecule is CC(=O)CN(C(=O)[C@@H]1O[C@@H]1C)C(c1ccccc1)c1ccccc1.CC(=O)[C@@H]1[C@@H]([C@@H](C)O)C(=O)N1C(c1ccccc1)c1ccccc1. The third kappa shape index (κ3) is 7.62. The summed E-state index contributed by atoms with van der Waals surface area (Å²) in [5.74, 6) is -1.11. The Hall–Kier alpha value is -4.92. The third-order valence-electron chi connectivity index (χ3n) is 8.80. The molecule has 0 saturated carbocycles. The van der Waals surface area contributed by atoms with E-state index in [-0.39, 0.29) is 48.1 Å². The number of carbonyl (C=O) groups is 4. The van der Waals surface area contributed by atoms with E-state index >= 15 is 0 Å². The van der Waals surface area contributed by atoms with E-state index in [2.05, 4.69) is 0 Å². The standard InChI is InChI=1S/2C20H21NO3/c1-14(22)13-21(20(23)19-15(2)24-19)18(16-9-5-3-6-10-16)17-11-7-4-8-12-17;1-13(22)17-18(14(2)23)21(20(17)24)19(15-9-5-3-6-10-15)16-11-7-4-8-12-16/h3-12,15,18-19H,13H2,1-2H3;3-13,17-19,22H,1-2H3/t15-,19-;13-,17-,18-/m11/s1. The third-order valence-corrected chi connectivity index (χ3v) is 8.80. The molecule has 4 aromatic rings. The lowest BCUT2D eigenvalue weighted by atomic mass is 9.78. The van der Waals surface area contributed by atoms with Crippen LogP contribution >= 0.6 is 0 Å². The molecule has 1 N–H and O–H groups in total. The van der Waals surface area contributed by atoms with Crippen LogP contribution in [0.3, 0.4) is 0 Å². The van der Waals surface area contributed by atoms with E-state index in [9.17, 15) is 24.3 Å². The number of aliphatic hydroxyl groups is 1. The van der Waals surface area contributed by atoms with E-state index in [1.54, 1.807) is 16.7 Å². The lowest BCUT2D eigenvalue weighted by Gasteiger charge is -2.51. The normalized spacial score (nSPS) is 20.3. The first kappa shape index (κ1) is 34.4. The van der Waals surface area contributed by atoms with Crippen LogP contribution in [0.4, 0.5) is 0 Å². The zero-order chi connectivity index (χ0) is 34.4. The minimum absolute atomic E-state index is 0.0477. The maximum Gasteiger partial charge on any atom is 0.255 e. The number of rotatable bonds is 11. The van der Waals surface area contributed by atoms with Crippen LogP contribution in [0.5, 0.6) is 0 Å². The van der Waals surface area contributed by atoms with Gasteiger partial charge in [-0.05, 0) is 49.9 Å². The van der Waals surface area contributed by atoms with Gasteiger partial charge in [-0.25, -0.2) is 0 Å². The average molecular weight is 647 g/mol. The Kier molecular flexibility index (Phi) is 11.0. The maximum absolute atomic E-state index is 12.9. The molecule has 2 fully saturated rings. The number of amides is 2. The molecule has 0 aromatic heterocycles. The second-order valence-corrected chi connectivity index (χ2v) is 12.4. The van der Waals surface area contributed by atoms with Crippen molar-refractivity contribution in [1.29, 1.82) is 0 Å². The van der Waals surface area contributed by atoms with Crippen molar-refractivity contribution in [3.63, 3.8) is 0 Å². The lowest BCUT2D eigenvalue weighted by Crippen LogP contribution is -2.67. The van der Waals surface area contributed by atoms with Crippen molar-refractivity contribution >= 4 is 23.4 Å². The summed E-state index contributed by atoms with van der Waals surface area (Å²) in [6.45, 7) is 6.49. The minimum atomic E-state index is -0.838. The molecular formula is C40H42N2O6. The number of ether oxygens (including phenoxy) is 1. The highest BCUT2D eigenvalue weighted by atomic mass is 16.6. The zero-order valence-electron chi connectivity index (χ0n) is 27.7. The van der Waals surface area contributed by atoms with Gasteiger partial charge >= 0.3 is 0 Å². The van der Waals surface area contributed by atoms with Gasteiger partial charge in [-0.2, -0.15) is 0 Å². The topological polar surface area (TPSA) is 108 Å². The summed E-state index contributed by atoms with van der Waals surface area (Å²) in [4.78, 5) is 52.8. The van der Waals surface area contributed by atoms with Gasteiger partial charge in [0, 0.05) is 0 Å². The molecule has 5 atom stereocenters. The number of carbonyl (C=O) groups excluding carboxylic acids is 4. The fourth-order valence-corrected chi connectivity index (χ4v) is 6.49. The van der Waals surface area contributed by atoms with Gasteiger partial charge in [0.05, 0.1) is 36.8 Å². The van der Waals surface area contributed by atoms with Crippen molar-refractivity contribution in [3.05, 3.63) is 144 Å². The Labute approximate surface area is 282 Å². The molecule has 48 heavy (non-hydrogen) atoms. The van der Waals surface area contributed by atoms with Crippen LogP contribution in [-0.4, -0.2) is 69.2 Å². The molecule has 0 bridgehead atoms. The van der Waals surface area contributed by atoms with E-state index < -0.39 is 24.2 Å². The Bertz CT molecular complexity index is 1620. The molecule has 8 nitrogen and oxygen atoms in total. The fraction of sp³-hybridized carbons (Fsp3) is 0.300. The van der Waals surface area contributed by atoms with Crippen LogP contribution in [-0.2, 0) is 23.9 Å². The number of aliphatic hydroxyl groups excluding tert-OH is 1. The molecular weight excluding hydrogens is 604 g/mol. The molecule has 2 aliphatic rings. The predicted molar refractivity (Wildman–Crippen MR) is 183 cm³/mol. The van der Waals surface area contributed by atoms with Crippen LogP contribution in [0.15, 0.2) is 121 Å². The summed E-state index contributed by atoms with van der Waals surface area (Å²) < 4.78 is 5.36. The monoisotopic (exact) mass is 646 g/mol. The molecule has 0 unspecified atom stereocenters. The molecule has 2 saturated heterocycles. The summed E-state index contributed by atoms with van der Waals surface area (Å²) >= 11 is 0. The summed E-state index contributed by atoms with van der Waals surface area (Å²) in [7, 11) is 0. The van der Waals surface area contributed by atoms with E-state index in [0.717, 1.165) is 22.3 Å². The van der Waals surface area contributed by atoms with E-state index in [4.69, 9.17) is 4.74 Å². The lowest BCUT2D eigenvalue weighted by molar-refractivity contribution is -0.172. The van der Waals surface area contributed by atoms with Crippen molar-refractivity contribution in [2.45, 2.75) is 64.1 Å². The first-order chi connectivity index (χ1) is 23.1. The molecule has 0 aliphatic carbocycles. The smallest absolute Gasteiger partial charge is 0.255 e. The van der Waals surface area contributed by atoms with E-state index in [1.807, 2.05) is 128 Å². The molecule has 248 valence electrons. The van der Waals surface area contributed by atoms with Crippen molar-refractivity contribution in [1.82, 2.24) is 9.80 Å². The Morgan fingerprint density at radius 3 is 1.48 bits per heavy atom. The molecule has 2 heterocycles. The van der Waals surface area contributed by atoms with Crippen LogP contribution in [0.2, 0.25) is 0 Å².